The van der Waals surface area contributed by atoms with Gasteiger partial charge in [0.1, 0.15) is 0 Å². The number of hydrogen-bond donors (Lipinski definition) is 1. The van der Waals surface area contributed by atoms with E-state index in [2.05, 4.69) is 31.0 Å². The van der Waals surface area contributed by atoms with Crippen molar-refractivity contribution in [2.45, 2.75) is 46.5 Å². The maximum Gasteiger partial charge on any atom is 0.224 e. The van der Waals surface area contributed by atoms with Crippen molar-refractivity contribution in [2.24, 2.45) is 5.92 Å². The van der Waals surface area contributed by atoms with Crippen molar-refractivity contribution in [3.63, 3.8) is 0 Å². The van der Waals surface area contributed by atoms with Gasteiger partial charge in [0.05, 0.1) is 0 Å². The van der Waals surface area contributed by atoms with Gasteiger partial charge in [0.15, 0.2) is 5.78 Å². The molecular weight excluding hydrogens is 288 g/mol. The van der Waals surface area contributed by atoms with Crippen molar-refractivity contribution in [3.05, 3.63) is 28.3 Å². The van der Waals surface area contributed by atoms with Crippen molar-refractivity contribution in [3.8, 4) is 0 Å². The zero-order valence-corrected chi connectivity index (χ0v) is 14.4. The summed E-state index contributed by atoms with van der Waals surface area (Å²) in [7, 11) is 0. The number of Topliss-reactive ketones (excluding diaryl/α,β-unsaturated/α-hetero) is 1. The lowest BCUT2D eigenvalue weighted by molar-refractivity contribution is -0.116. The summed E-state index contributed by atoms with van der Waals surface area (Å²) in [4.78, 5) is 27.2. The van der Waals surface area contributed by atoms with Crippen LogP contribution in [-0.4, -0.2) is 36.2 Å². The standard InChI is InChI=1S/C19H26N2O2/c1-4-21(5-2)11-13-6-7-14-12(3)10-16-15(18(14)19(13)23)8-9-17(22)20-16/h10,13H,4-9,11H2,1-3H3,(H,20,22). The van der Waals surface area contributed by atoms with E-state index < -0.39 is 0 Å². The minimum atomic E-state index is 0.0554. The van der Waals surface area contributed by atoms with E-state index in [1.807, 2.05) is 6.07 Å². The summed E-state index contributed by atoms with van der Waals surface area (Å²) in [5.74, 6) is 0.431. The number of rotatable bonds is 4. The fraction of sp³-hybridized carbons (Fsp3) is 0.579. The molecule has 1 heterocycles. The summed E-state index contributed by atoms with van der Waals surface area (Å²) < 4.78 is 0. The Bertz CT molecular complexity index is 647. The van der Waals surface area contributed by atoms with E-state index in [-0.39, 0.29) is 17.6 Å². The number of nitrogens with zero attached hydrogens (tertiary/aromatic N) is 1. The van der Waals surface area contributed by atoms with Crippen LogP contribution in [0.15, 0.2) is 6.07 Å². The van der Waals surface area contributed by atoms with Crippen LogP contribution in [0.4, 0.5) is 5.69 Å². The molecule has 1 aliphatic carbocycles. The highest BCUT2D eigenvalue weighted by atomic mass is 16.1. The number of amides is 1. The first-order valence-electron chi connectivity index (χ1n) is 8.76. The molecule has 4 heteroatoms. The maximum absolute atomic E-state index is 13.2. The monoisotopic (exact) mass is 314 g/mol. The third-order valence-electron chi connectivity index (χ3n) is 5.37. The van der Waals surface area contributed by atoms with Crippen molar-refractivity contribution < 1.29 is 9.59 Å². The number of nitrogens with one attached hydrogen (secondary N) is 1. The van der Waals surface area contributed by atoms with E-state index in [9.17, 15) is 9.59 Å². The van der Waals surface area contributed by atoms with E-state index in [0.29, 0.717) is 12.8 Å². The Morgan fingerprint density at radius 3 is 2.57 bits per heavy atom. The molecule has 2 aliphatic rings. The molecule has 1 N–H and O–H groups in total. The van der Waals surface area contributed by atoms with Gasteiger partial charge in [-0.1, -0.05) is 13.8 Å². The topological polar surface area (TPSA) is 49.4 Å². The molecule has 0 saturated carbocycles. The molecule has 1 atom stereocenters. The summed E-state index contributed by atoms with van der Waals surface area (Å²) >= 11 is 0. The molecule has 1 amide bonds. The number of carbonyl (C=O) groups excluding carboxylic acids is 2. The Balaban J connectivity index is 1.97. The number of ketones is 1. The van der Waals surface area contributed by atoms with Crippen molar-refractivity contribution in [1.82, 2.24) is 4.90 Å². The van der Waals surface area contributed by atoms with Gasteiger partial charge in [-0.05, 0) is 62.0 Å². The van der Waals surface area contributed by atoms with Gasteiger partial charge < -0.3 is 10.2 Å². The van der Waals surface area contributed by atoms with E-state index in [0.717, 1.165) is 54.9 Å². The average Bonchev–Trinajstić information content (AvgIpc) is 2.54. The third kappa shape index (κ3) is 2.92. The van der Waals surface area contributed by atoms with Crippen LogP contribution in [0.5, 0.6) is 0 Å². The lowest BCUT2D eigenvalue weighted by atomic mass is 9.76. The normalized spacial score (nSPS) is 20.3. The zero-order chi connectivity index (χ0) is 16.6. The molecule has 3 rings (SSSR count). The highest BCUT2D eigenvalue weighted by Crippen LogP contribution is 2.37. The van der Waals surface area contributed by atoms with E-state index in [4.69, 9.17) is 0 Å². The van der Waals surface area contributed by atoms with Gasteiger partial charge in [-0.2, -0.15) is 0 Å². The minimum Gasteiger partial charge on any atom is -0.326 e. The summed E-state index contributed by atoms with van der Waals surface area (Å²) in [6, 6.07) is 2.04. The highest BCUT2D eigenvalue weighted by Gasteiger charge is 2.33. The van der Waals surface area contributed by atoms with Crippen LogP contribution < -0.4 is 5.32 Å². The minimum absolute atomic E-state index is 0.0554. The molecule has 1 aliphatic heterocycles. The number of anilines is 1. The second-order valence-corrected chi connectivity index (χ2v) is 6.71. The molecular formula is C19H26N2O2. The molecule has 4 nitrogen and oxygen atoms in total. The predicted molar refractivity (Wildman–Crippen MR) is 92.1 cm³/mol. The van der Waals surface area contributed by atoms with E-state index in [1.165, 1.54) is 5.56 Å². The summed E-state index contributed by atoms with van der Waals surface area (Å²) in [6.45, 7) is 9.15. The molecule has 1 unspecified atom stereocenters. The molecule has 0 spiro atoms. The van der Waals surface area contributed by atoms with Gasteiger partial charge in [0.25, 0.3) is 0 Å². The van der Waals surface area contributed by atoms with Gasteiger partial charge in [0, 0.05) is 30.1 Å². The zero-order valence-electron chi connectivity index (χ0n) is 14.4. The van der Waals surface area contributed by atoms with Crippen LogP contribution >= 0.6 is 0 Å². The molecule has 0 fully saturated rings. The molecule has 1 aromatic carbocycles. The smallest absolute Gasteiger partial charge is 0.224 e. The Hall–Kier alpha value is -1.68. The van der Waals surface area contributed by atoms with E-state index in [1.54, 1.807) is 0 Å². The SMILES string of the molecule is CCN(CC)CC1CCc2c(C)cc3c(c2C1=O)CCC(=O)N3. The molecule has 0 bridgehead atoms. The van der Waals surface area contributed by atoms with Crippen LogP contribution in [0.2, 0.25) is 0 Å². The Morgan fingerprint density at radius 2 is 1.87 bits per heavy atom. The number of fused-ring (bicyclic) bond motifs is 3. The molecule has 124 valence electrons. The van der Waals surface area contributed by atoms with Crippen LogP contribution in [0, 0.1) is 12.8 Å². The van der Waals surface area contributed by atoms with Crippen molar-refractivity contribution in [2.75, 3.05) is 25.0 Å². The van der Waals surface area contributed by atoms with Gasteiger partial charge in [0.2, 0.25) is 5.91 Å². The van der Waals surface area contributed by atoms with Gasteiger partial charge in [-0.25, -0.2) is 0 Å². The number of hydrogen-bond acceptors (Lipinski definition) is 3. The Labute approximate surface area is 138 Å². The average molecular weight is 314 g/mol. The lowest BCUT2D eigenvalue weighted by Gasteiger charge is -2.32. The fourth-order valence-electron chi connectivity index (χ4n) is 3.97. The predicted octanol–water partition coefficient (Wildman–Crippen LogP) is 2.97. The first-order valence-corrected chi connectivity index (χ1v) is 8.76. The second-order valence-electron chi connectivity index (χ2n) is 6.71. The largest absolute Gasteiger partial charge is 0.326 e. The van der Waals surface area contributed by atoms with Crippen LogP contribution in [0.1, 0.15) is 53.7 Å². The Morgan fingerprint density at radius 1 is 1.13 bits per heavy atom. The lowest BCUT2D eigenvalue weighted by Crippen LogP contribution is -2.37. The fourth-order valence-corrected chi connectivity index (χ4v) is 3.97. The maximum atomic E-state index is 13.2. The van der Waals surface area contributed by atoms with Gasteiger partial charge in [-0.3, -0.25) is 9.59 Å². The summed E-state index contributed by atoms with van der Waals surface area (Å²) in [6.07, 6.45) is 3.08. The Kier molecular flexibility index (Phi) is 4.53. The number of aryl methyl sites for hydroxylation is 1. The molecule has 0 saturated heterocycles. The number of carbonyl (C=O) groups is 2. The van der Waals surface area contributed by atoms with E-state index >= 15 is 0 Å². The summed E-state index contributed by atoms with van der Waals surface area (Å²) in [5.41, 5.74) is 5.19. The van der Waals surface area contributed by atoms with Crippen LogP contribution in [-0.2, 0) is 17.6 Å². The van der Waals surface area contributed by atoms with Crippen molar-refractivity contribution >= 4 is 17.4 Å². The van der Waals surface area contributed by atoms with Crippen molar-refractivity contribution in [1.29, 1.82) is 0 Å². The molecule has 0 radical (unpaired) electrons. The second kappa shape index (κ2) is 6.44. The third-order valence-corrected chi connectivity index (χ3v) is 5.37. The molecule has 1 aromatic rings. The first kappa shape index (κ1) is 16.2. The van der Waals surface area contributed by atoms with Gasteiger partial charge in [-0.15, -0.1) is 0 Å². The molecule has 0 aromatic heterocycles. The molecule has 23 heavy (non-hydrogen) atoms. The summed E-state index contributed by atoms with van der Waals surface area (Å²) in [5, 5.41) is 2.95. The number of benzene rings is 1. The van der Waals surface area contributed by atoms with Crippen LogP contribution in [0.25, 0.3) is 0 Å². The highest BCUT2D eigenvalue weighted by molar-refractivity contribution is 6.05. The quantitative estimate of drug-likeness (QED) is 0.929. The first-order chi connectivity index (χ1) is 11.0. The van der Waals surface area contributed by atoms with Crippen LogP contribution in [0.3, 0.4) is 0 Å². The van der Waals surface area contributed by atoms with Gasteiger partial charge >= 0.3 is 0 Å².